The molecule has 1 aliphatic carbocycles. The number of nitrogens with one attached hydrogen (secondary N) is 1. The molecule has 2 rings (SSSR count). The van der Waals surface area contributed by atoms with E-state index < -0.39 is 9.84 Å². The minimum absolute atomic E-state index is 0.126. The van der Waals surface area contributed by atoms with Gasteiger partial charge in [0.05, 0.1) is 5.25 Å². The van der Waals surface area contributed by atoms with Crippen LogP contribution >= 0.6 is 11.5 Å². The maximum atomic E-state index is 12.3. The summed E-state index contributed by atoms with van der Waals surface area (Å²) in [5.74, 6) is 0.126. The Balaban J connectivity index is 2.06. The van der Waals surface area contributed by atoms with Gasteiger partial charge in [-0.1, -0.05) is 0 Å². The molecule has 0 saturated heterocycles. The van der Waals surface area contributed by atoms with Crippen LogP contribution in [0, 0.1) is 0 Å². The zero-order valence-electron chi connectivity index (χ0n) is 12.1. The summed E-state index contributed by atoms with van der Waals surface area (Å²) in [7, 11) is -1.27. The molecule has 1 heterocycles. The van der Waals surface area contributed by atoms with Crippen LogP contribution in [0.1, 0.15) is 26.7 Å². The summed E-state index contributed by atoms with van der Waals surface area (Å²) in [5, 5.41) is 3.48. The molecule has 1 aliphatic rings. The van der Waals surface area contributed by atoms with Crippen LogP contribution in [0.4, 0.5) is 10.8 Å². The molecule has 20 heavy (non-hydrogen) atoms. The molecule has 114 valence electrons. The maximum Gasteiger partial charge on any atom is 0.187 e. The number of nitrogens with zero attached hydrogens (tertiary/aromatic N) is 2. The van der Waals surface area contributed by atoms with Gasteiger partial charge in [0.1, 0.15) is 9.90 Å². The fourth-order valence-corrected chi connectivity index (χ4v) is 4.74. The minimum Gasteiger partial charge on any atom is -0.382 e. The average Bonchev–Trinajstić information content (AvgIpc) is 3.14. The number of hydrogen-bond acceptors (Lipinski definition) is 7. The molecule has 0 aromatic carbocycles. The van der Waals surface area contributed by atoms with E-state index >= 15 is 0 Å². The van der Waals surface area contributed by atoms with Gasteiger partial charge in [0.2, 0.25) is 0 Å². The lowest BCUT2D eigenvalue weighted by Gasteiger charge is -2.21. The molecule has 1 saturated carbocycles. The lowest BCUT2D eigenvalue weighted by Crippen LogP contribution is -2.31. The molecule has 1 aromatic rings. The van der Waals surface area contributed by atoms with Crippen molar-refractivity contribution in [2.45, 2.75) is 42.9 Å². The monoisotopic (exact) mass is 318 g/mol. The Hall–Kier alpha value is -0.860. The normalized spacial score (nSPS) is 16.1. The second-order valence-corrected chi connectivity index (χ2v) is 8.41. The highest BCUT2D eigenvalue weighted by Gasteiger charge is 2.40. The van der Waals surface area contributed by atoms with E-state index in [2.05, 4.69) is 28.4 Å². The molecule has 0 bridgehead atoms. The zero-order valence-corrected chi connectivity index (χ0v) is 13.7. The van der Waals surface area contributed by atoms with Gasteiger partial charge in [0.25, 0.3) is 0 Å². The molecule has 0 atom stereocenters. The van der Waals surface area contributed by atoms with E-state index in [1.54, 1.807) is 0 Å². The molecule has 1 fully saturated rings. The van der Waals surface area contributed by atoms with E-state index in [-0.39, 0.29) is 16.0 Å². The van der Waals surface area contributed by atoms with Crippen LogP contribution < -0.4 is 11.1 Å². The highest BCUT2D eigenvalue weighted by molar-refractivity contribution is 7.92. The van der Waals surface area contributed by atoms with Crippen molar-refractivity contribution in [1.82, 2.24) is 9.27 Å². The van der Waals surface area contributed by atoms with Crippen molar-refractivity contribution in [1.29, 1.82) is 0 Å². The molecule has 0 amide bonds. The first kappa shape index (κ1) is 15.5. The molecule has 0 spiro atoms. The number of hydrogen-bond donors (Lipinski definition) is 2. The van der Waals surface area contributed by atoms with Crippen molar-refractivity contribution >= 4 is 32.2 Å². The van der Waals surface area contributed by atoms with Crippen LogP contribution in [0.3, 0.4) is 0 Å². The van der Waals surface area contributed by atoms with E-state index in [1.807, 2.05) is 7.05 Å². The Bertz CT molecular complexity index is 564. The molecule has 0 radical (unpaired) electrons. The summed E-state index contributed by atoms with van der Waals surface area (Å²) in [4.78, 5) is 2.39. The van der Waals surface area contributed by atoms with Crippen molar-refractivity contribution in [3.8, 4) is 0 Å². The van der Waals surface area contributed by atoms with Crippen LogP contribution in [-0.4, -0.2) is 49.1 Å². The third-order valence-corrected chi connectivity index (χ3v) is 6.83. The fourth-order valence-electron chi connectivity index (χ4n) is 1.83. The van der Waals surface area contributed by atoms with Gasteiger partial charge in [-0.2, -0.15) is 4.37 Å². The van der Waals surface area contributed by atoms with Gasteiger partial charge in [-0.05, 0) is 45.3 Å². The van der Waals surface area contributed by atoms with Crippen LogP contribution in [0.2, 0.25) is 0 Å². The predicted molar refractivity (Wildman–Crippen MR) is 83.0 cm³/mol. The summed E-state index contributed by atoms with van der Waals surface area (Å²) in [5.41, 5.74) is 5.74. The van der Waals surface area contributed by atoms with Gasteiger partial charge in [0.15, 0.2) is 15.7 Å². The second kappa shape index (κ2) is 5.87. The number of nitrogen functional groups attached to an aromatic ring is 1. The second-order valence-electron chi connectivity index (χ2n) is 5.47. The SMILES string of the molecule is CC(C)N(C)CCNc1snc(N)c1S(=O)(=O)C1CC1. The number of aromatic nitrogens is 1. The molecule has 8 heteroatoms. The topological polar surface area (TPSA) is 88.3 Å². The molecule has 6 nitrogen and oxygen atoms in total. The summed E-state index contributed by atoms with van der Waals surface area (Å²) >= 11 is 1.12. The zero-order chi connectivity index (χ0) is 14.9. The molecule has 3 N–H and O–H groups in total. The Labute approximate surface area is 124 Å². The lowest BCUT2D eigenvalue weighted by molar-refractivity contribution is 0.284. The highest BCUT2D eigenvalue weighted by Crippen LogP contribution is 2.40. The Morgan fingerprint density at radius 3 is 2.70 bits per heavy atom. The summed E-state index contributed by atoms with van der Waals surface area (Å²) in [6.07, 6.45) is 1.46. The van der Waals surface area contributed by atoms with Crippen molar-refractivity contribution in [2.24, 2.45) is 0 Å². The van der Waals surface area contributed by atoms with Crippen molar-refractivity contribution in [3.63, 3.8) is 0 Å². The van der Waals surface area contributed by atoms with Crippen molar-refractivity contribution in [3.05, 3.63) is 0 Å². The number of sulfone groups is 1. The number of anilines is 2. The lowest BCUT2D eigenvalue weighted by atomic mass is 10.3. The first-order valence-electron chi connectivity index (χ1n) is 6.77. The summed E-state index contributed by atoms with van der Waals surface area (Å²) in [6, 6.07) is 0.456. The molecule has 1 aromatic heterocycles. The highest BCUT2D eigenvalue weighted by atomic mass is 32.2. The largest absolute Gasteiger partial charge is 0.382 e. The van der Waals surface area contributed by atoms with Crippen molar-refractivity contribution < 1.29 is 8.42 Å². The summed E-state index contributed by atoms with van der Waals surface area (Å²) < 4.78 is 28.7. The quantitative estimate of drug-likeness (QED) is 0.790. The predicted octanol–water partition coefficient (Wildman–Crippen LogP) is 1.41. The standard InChI is InChI=1S/C12H22N4O2S2/c1-8(2)16(3)7-6-14-12-10(11(13)15-19-12)20(17,18)9-4-5-9/h8-9,14H,4-7H2,1-3H3,(H2,13,15). The molecule has 0 aliphatic heterocycles. The number of nitrogens with two attached hydrogens (primary N) is 1. The van der Waals surface area contributed by atoms with Crippen molar-refractivity contribution in [2.75, 3.05) is 31.2 Å². The number of rotatable bonds is 7. The van der Waals surface area contributed by atoms with Gasteiger partial charge >= 0.3 is 0 Å². The fraction of sp³-hybridized carbons (Fsp3) is 0.750. The Morgan fingerprint density at radius 1 is 1.50 bits per heavy atom. The van der Waals surface area contributed by atoms with Crippen LogP contribution in [-0.2, 0) is 9.84 Å². The van der Waals surface area contributed by atoms with Gasteiger partial charge < -0.3 is 16.0 Å². The van der Waals surface area contributed by atoms with E-state index in [0.29, 0.717) is 17.6 Å². The maximum absolute atomic E-state index is 12.3. The molecule has 0 unspecified atom stereocenters. The van der Waals surface area contributed by atoms with Gasteiger partial charge in [0, 0.05) is 19.1 Å². The van der Waals surface area contributed by atoms with Gasteiger partial charge in [-0.15, -0.1) is 0 Å². The van der Waals surface area contributed by atoms with Crippen LogP contribution in [0.15, 0.2) is 4.90 Å². The smallest absolute Gasteiger partial charge is 0.187 e. The first-order chi connectivity index (χ1) is 9.34. The summed E-state index contributed by atoms with van der Waals surface area (Å²) in [6.45, 7) is 5.74. The van der Waals surface area contributed by atoms with Gasteiger partial charge in [-0.25, -0.2) is 8.42 Å². The van der Waals surface area contributed by atoms with Gasteiger partial charge in [-0.3, -0.25) is 0 Å². The average molecular weight is 318 g/mol. The molecular weight excluding hydrogens is 296 g/mol. The third-order valence-electron chi connectivity index (χ3n) is 3.55. The Kier molecular flexibility index (Phi) is 4.55. The van der Waals surface area contributed by atoms with E-state index in [4.69, 9.17) is 5.73 Å². The third kappa shape index (κ3) is 3.24. The number of likely N-dealkylation sites (N-methyl/N-ethyl adjacent to an activating group) is 1. The molecular formula is C12H22N4O2S2. The Morgan fingerprint density at radius 2 is 2.15 bits per heavy atom. The van der Waals surface area contributed by atoms with Crippen LogP contribution in [0.5, 0.6) is 0 Å². The minimum atomic E-state index is -3.30. The first-order valence-corrected chi connectivity index (χ1v) is 9.09. The van der Waals surface area contributed by atoms with E-state index in [9.17, 15) is 8.42 Å². The van der Waals surface area contributed by atoms with Crippen LogP contribution in [0.25, 0.3) is 0 Å². The van der Waals surface area contributed by atoms with E-state index in [0.717, 1.165) is 30.9 Å². The van der Waals surface area contributed by atoms with E-state index in [1.165, 1.54) is 0 Å².